The molecule has 4 heteroatoms. The minimum atomic E-state index is -0.599. The lowest BCUT2D eigenvalue weighted by Crippen LogP contribution is -2.07. The van der Waals surface area contributed by atoms with E-state index in [2.05, 4.69) is 0 Å². The summed E-state index contributed by atoms with van der Waals surface area (Å²) in [7, 11) is 0. The van der Waals surface area contributed by atoms with Crippen molar-refractivity contribution in [3.05, 3.63) is 23.8 Å². The number of nitrogens with two attached hydrogens (primary N) is 1. The molecule has 0 radical (unpaired) electrons. The Hall–Kier alpha value is -1.71. The fourth-order valence-electron chi connectivity index (χ4n) is 0.983. The molecular weight excluding hydrogens is 170 g/mol. The Labute approximate surface area is 75.9 Å². The number of benzene rings is 1. The predicted molar refractivity (Wildman–Crippen MR) is 48.5 cm³/mol. The Morgan fingerprint density at radius 3 is 2.85 bits per heavy atom. The van der Waals surface area contributed by atoms with E-state index in [0.29, 0.717) is 0 Å². The molecule has 1 aromatic carbocycles. The van der Waals surface area contributed by atoms with Crippen LogP contribution in [0.3, 0.4) is 0 Å². The summed E-state index contributed by atoms with van der Waals surface area (Å²) < 4.78 is 4.71. The number of hydrogen-bond donors (Lipinski definition) is 2. The summed E-state index contributed by atoms with van der Waals surface area (Å²) >= 11 is 0. The number of rotatable bonds is 2. The maximum Gasteiger partial charge on any atom is 0.344 e. The van der Waals surface area contributed by atoms with Gasteiger partial charge in [-0.25, -0.2) is 4.79 Å². The molecule has 0 bridgehead atoms. The molecule has 1 rings (SSSR count). The summed E-state index contributed by atoms with van der Waals surface area (Å²) in [6, 6.07) is 4.49. The Morgan fingerprint density at radius 1 is 1.62 bits per heavy atom. The minimum Gasteiger partial charge on any atom is -0.507 e. The summed E-state index contributed by atoms with van der Waals surface area (Å²) in [5.74, 6) is -0.753. The van der Waals surface area contributed by atoms with E-state index in [1.54, 1.807) is 13.0 Å². The molecule has 0 aliphatic rings. The number of phenols is 1. The first-order chi connectivity index (χ1) is 6.16. The Morgan fingerprint density at radius 2 is 2.31 bits per heavy atom. The molecule has 0 heterocycles. The highest BCUT2D eigenvalue weighted by molar-refractivity contribution is 5.97. The number of phenolic OH excluding ortho intramolecular Hbond substituents is 1. The van der Waals surface area contributed by atoms with Crippen molar-refractivity contribution >= 4 is 11.7 Å². The molecule has 0 saturated heterocycles. The van der Waals surface area contributed by atoms with E-state index >= 15 is 0 Å². The molecule has 0 amide bonds. The molecule has 70 valence electrons. The van der Waals surface area contributed by atoms with Crippen LogP contribution in [0.25, 0.3) is 0 Å². The van der Waals surface area contributed by atoms with Crippen molar-refractivity contribution in [1.29, 1.82) is 0 Å². The molecule has 0 aliphatic heterocycles. The number of carbonyl (C=O) groups excluding carboxylic acids is 1. The molecule has 0 spiro atoms. The van der Waals surface area contributed by atoms with Gasteiger partial charge in [-0.05, 0) is 19.1 Å². The van der Waals surface area contributed by atoms with E-state index in [-0.39, 0.29) is 23.6 Å². The van der Waals surface area contributed by atoms with Gasteiger partial charge in [0.05, 0.1) is 6.61 Å². The standard InChI is InChI=1S/C9H11NO3/c1-2-13-9(12)8-6(10)4-3-5-7(8)11/h3-5,11H,2,10H2,1H3. The van der Waals surface area contributed by atoms with Crippen LogP contribution in [0.2, 0.25) is 0 Å². The highest BCUT2D eigenvalue weighted by Gasteiger charge is 2.14. The lowest BCUT2D eigenvalue weighted by Gasteiger charge is -2.06. The van der Waals surface area contributed by atoms with E-state index in [0.717, 1.165) is 0 Å². The zero-order valence-corrected chi connectivity index (χ0v) is 7.28. The second-order valence-corrected chi connectivity index (χ2v) is 2.46. The van der Waals surface area contributed by atoms with Crippen LogP contribution in [0.5, 0.6) is 5.75 Å². The van der Waals surface area contributed by atoms with Gasteiger partial charge >= 0.3 is 5.97 Å². The molecular formula is C9H11NO3. The monoisotopic (exact) mass is 181 g/mol. The summed E-state index contributed by atoms with van der Waals surface area (Å²) in [5.41, 5.74) is 5.74. The summed E-state index contributed by atoms with van der Waals surface area (Å²) in [5, 5.41) is 9.31. The SMILES string of the molecule is CCOC(=O)c1c(N)cccc1O. The summed E-state index contributed by atoms with van der Waals surface area (Å²) in [4.78, 5) is 11.2. The average molecular weight is 181 g/mol. The van der Waals surface area contributed by atoms with Crippen LogP contribution in [0.4, 0.5) is 5.69 Å². The molecule has 0 fully saturated rings. The van der Waals surface area contributed by atoms with E-state index in [1.165, 1.54) is 12.1 Å². The van der Waals surface area contributed by atoms with Crippen molar-refractivity contribution in [2.75, 3.05) is 12.3 Å². The predicted octanol–water partition coefficient (Wildman–Crippen LogP) is 1.15. The Balaban J connectivity index is 3.05. The van der Waals surface area contributed by atoms with Gasteiger partial charge in [0.1, 0.15) is 11.3 Å². The van der Waals surface area contributed by atoms with Gasteiger partial charge in [0.15, 0.2) is 0 Å². The third-order valence-electron chi connectivity index (χ3n) is 1.55. The number of carbonyl (C=O) groups is 1. The number of nitrogen functional groups attached to an aromatic ring is 1. The van der Waals surface area contributed by atoms with Crippen molar-refractivity contribution in [3.8, 4) is 5.75 Å². The number of hydrogen-bond acceptors (Lipinski definition) is 4. The van der Waals surface area contributed by atoms with Crippen molar-refractivity contribution in [3.63, 3.8) is 0 Å². The Kier molecular flexibility index (Phi) is 2.74. The first-order valence-corrected chi connectivity index (χ1v) is 3.91. The maximum atomic E-state index is 11.2. The van der Waals surface area contributed by atoms with Crippen molar-refractivity contribution in [1.82, 2.24) is 0 Å². The highest BCUT2D eigenvalue weighted by Crippen LogP contribution is 2.23. The third-order valence-corrected chi connectivity index (χ3v) is 1.55. The van der Waals surface area contributed by atoms with Crippen LogP contribution in [0.1, 0.15) is 17.3 Å². The van der Waals surface area contributed by atoms with Gasteiger partial charge in [0.25, 0.3) is 0 Å². The van der Waals surface area contributed by atoms with Gasteiger partial charge in [-0.15, -0.1) is 0 Å². The number of esters is 1. The topological polar surface area (TPSA) is 72.5 Å². The van der Waals surface area contributed by atoms with E-state index < -0.39 is 5.97 Å². The maximum absolute atomic E-state index is 11.2. The second kappa shape index (κ2) is 3.80. The van der Waals surface area contributed by atoms with Gasteiger partial charge in [0.2, 0.25) is 0 Å². The van der Waals surface area contributed by atoms with Crippen LogP contribution in [0, 0.1) is 0 Å². The number of anilines is 1. The van der Waals surface area contributed by atoms with E-state index in [9.17, 15) is 9.90 Å². The molecule has 0 aliphatic carbocycles. The summed E-state index contributed by atoms with van der Waals surface area (Å²) in [6.45, 7) is 1.95. The minimum absolute atomic E-state index is 0.0318. The zero-order chi connectivity index (χ0) is 9.84. The fraction of sp³-hybridized carbons (Fsp3) is 0.222. The van der Waals surface area contributed by atoms with Crippen LogP contribution >= 0.6 is 0 Å². The van der Waals surface area contributed by atoms with Crippen LogP contribution in [0.15, 0.2) is 18.2 Å². The normalized spacial score (nSPS) is 9.62. The largest absolute Gasteiger partial charge is 0.507 e. The van der Waals surface area contributed by atoms with Gasteiger partial charge in [0, 0.05) is 5.69 Å². The Bertz CT molecular complexity index is 302. The van der Waals surface area contributed by atoms with Crippen molar-refractivity contribution < 1.29 is 14.6 Å². The van der Waals surface area contributed by atoms with Gasteiger partial charge in [-0.2, -0.15) is 0 Å². The second-order valence-electron chi connectivity index (χ2n) is 2.46. The fourth-order valence-corrected chi connectivity index (χ4v) is 0.983. The molecule has 0 aromatic heterocycles. The zero-order valence-electron chi connectivity index (χ0n) is 7.28. The van der Waals surface area contributed by atoms with E-state index in [1.807, 2.05) is 0 Å². The molecule has 13 heavy (non-hydrogen) atoms. The quantitative estimate of drug-likeness (QED) is 0.530. The van der Waals surface area contributed by atoms with Crippen LogP contribution in [-0.4, -0.2) is 17.7 Å². The first kappa shape index (κ1) is 9.38. The smallest absolute Gasteiger partial charge is 0.344 e. The van der Waals surface area contributed by atoms with E-state index in [4.69, 9.17) is 10.5 Å². The van der Waals surface area contributed by atoms with Gasteiger partial charge < -0.3 is 15.6 Å². The lowest BCUT2D eigenvalue weighted by molar-refractivity contribution is 0.0524. The first-order valence-electron chi connectivity index (χ1n) is 3.91. The summed E-state index contributed by atoms with van der Waals surface area (Å²) in [6.07, 6.45) is 0. The van der Waals surface area contributed by atoms with Crippen LogP contribution < -0.4 is 5.73 Å². The number of aromatic hydroxyl groups is 1. The van der Waals surface area contributed by atoms with Crippen molar-refractivity contribution in [2.24, 2.45) is 0 Å². The molecule has 1 aromatic rings. The average Bonchev–Trinajstić information content (AvgIpc) is 2.04. The van der Waals surface area contributed by atoms with Crippen LogP contribution in [-0.2, 0) is 4.74 Å². The number of ether oxygens (including phenoxy) is 1. The van der Waals surface area contributed by atoms with Crippen molar-refractivity contribution in [2.45, 2.75) is 6.92 Å². The van der Waals surface area contributed by atoms with Gasteiger partial charge in [-0.3, -0.25) is 0 Å². The lowest BCUT2D eigenvalue weighted by atomic mass is 10.1. The third kappa shape index (κ3) is 1.90. The van der Waals surface area contributed by atoms with Gasteiger partial charge in [-0.1, -0.05) is 6.07 Å². The molecule has 3 N–H and O–H groups in total. The molecule has 0 saturated carbocycles. The molecule has 0 atom stereocenters. The highest BCUT2D eigenvalue weighted by atomic mass is 16.5. The molecule has 4 nitrogen and oxygen atoms in total. The molecule has 0 unspecified atom stereocenters.